The number of carbonyl (C=O) groups excluding carboxylic acids is 1. The Hall–Kier alpha value is -2.31. The third kappa shape index (κ3) is 3.09. The number of carbonyl (C=O) groups is 1. The van der Waals surface area contributed by atoms with Crippen molar-refractivity contribution in [3.8, 4) is 0 Å². The van der Waals surface area contributed by atoms with Crippen LogP contribution in [0.3, 0.4) is 0 Å². The van der Waals surface area contributed by atoms with E-state index < -0.39 is 29.5 Å². The molecule has 1 fully saturated rings. The van der Waals surface area contributed by atoms with E-state index in [0.717, 1.165) is 18.4 Å². The van der Waals surface area contributed by atoms with Gasteiger partial charge in [-0.1, -0.05) is 30.3 Å². The van der Waals surface area contributed by atoms with Gasteiger partial charge in [-0.2, -0.15) is 9.49 Å². The molecule has 0 aliphatic heterocycles. The number of halogens is 3. The zero-order valence-electron chi connectivity index (χ0n) is 12.5. The highest BCUT2D eigenvalue weighted by molar-refractivity contribution is 5.96. The lowest BCUT2D eigenvalue weighted by molar-refractivity contribution is 0.0712. The van der Waals surface area contributed by atoms with Gasteiger partial charge in [0.25, 0.3) is 12.3 Å². The normalized spacial score (nSPS) is 14.3. The molecule has 1 aliphatic carbocycles. The van der Waals surface area contributed by atoms with Crippen LogP contribution >= 0.6 is 0 Å². The van der Waals surface area contributed by atoms with Gasteiger partial charge in [0.1, 0.15) is 11.3 Å². The molecule has 2 aromatic rings. The topological polar surface area (TPSA) is 38.1 Å². The summed E-state index contributed by atoms with van der Waals surface area (Å²) in [6.07, 6.45) is -1.41. The molecule has 1 aromatic heterocycles. The lowest BCUT2D eigenvalue weighted by Crippen LogP contribution is -2.33. The smallest absolute Gasteiger partial charge is 0.283 e. The molecule has 1 aliphatic rings. The van der Waals surface area contributed by atoms with Gasteiger partial charge >= 0.3 is 0 Å². The van der Waals surface area contributed by atoms with E-state index in [4.69, 9.17) is 0 Å². The maximum absolute atomic E-state index is 14.1. The van der Waals surface area contributed by atoms with Crippen molar-refractivity contribution in [2.24, 2.45) is 7.05 Å². The molecule has 0 N–H and O–H groups in total. The van der Waals surface area contributed by atoms with Crippen molar-refractivity contribution in [2.45, 2.75) is 31.9 Å². The predicted octanol–water partition coefficient (Wildman–Crippen LogP) is 3.30. The number of rotatable bonds is 5. The van der Waals surface area contributed by atoms with E-state index >= 15 is 0 Å². The summed E-state index contributed by atoms with van der Waals surface area (Å²) in [5, 5.41) is 3.44. The number of aromatic nitrogens is 2. The first-order chi connectivity index (χ1) is 11.0. The van der Waals surface area contributed by atoms with Gasteiger partial charge in [-0.05, 0) is 18.4 Å². The number of benzene rings is 1. The molecular formula is C16H16F3N3O. The molecule has 122 valence electrons. The summed E-state index contributed by atoms with van der Waals surface area (Å²) in [6.45, 7) is 0.265. The van der Waals surface area contributed by atoms with Crippen LogP contribution in [-0.2, 0) is 13.6 Å². The molecule has 1 amide bonds. The summed E-state index contributed by atoms with van der Waals surface area (Å²) in [5.41, 5.74) is -0.547. The third-order valence-electron chi connectivity index (χ3n) is 3.87. The van der Waals surface area contributed by atoms with Gasteiger partial charge < -0.3 is 4.90 Å². The molecule has 0 bridgehead atoms. The molecule has 4 nitrogen and oxygen atoms in total. The molecule has 0 atom stereocenters. The molecule has 0 unspecified atom stereocenters. The standard InChI is InChI=1S/C16H16F3N3O/c1-21-15(19)12(13(20-21)14(17)18)16(23)22(11-7-8-11)9-10-5-3-2-4-6-10/h2-6,11,14H,7-9H2,1H3. The van der Waals surface area contributed by atoms with Gasteiger partial charge in [0.2, 0.25) is 5.95 Å². The van der Waals surface area contributed by atoms with Crippen molar-refractivity contribution in [3.05, 3.63) is 53.1 Å². The van der Waals surface area contributed by atoms with E-state index in [9.17, 15) is 18.0 Å². The monoisotopic (exact) mass is 323 g/mol. The maximum atomic E-state index is 14.1. The van der Waals surface area contributed by atoms with E-state index in [2.05, 4.69) is 5.10 Å². The predicted molar refractivity (Wildman–Crippen MR) is 77.5 cm³/mol. The first-order valence-corrected chi connectivity index (χ1v) is 7.34. The van der Waals surface area contributed by atoms with Crippen LogP contribution in [0.2, 0.25) is 0 Å². The van der Waals surface area contributed by atoms with Crippen molar-refractivity contribution < 1.29 is 18.0 Å². The minimum Gasteiger partial charge on any atom is -0.331 e. The van der Waals surface area contributed by atoms with Gasteiger partial charge in [-0.3, -0.25) is 4.79 Å². The summed E-state index contributed by atoms with van der Waals surface area (Å²) < 4.78 is 41.0. The number of amides is 1. The summed E-state index contributed by atoms with van der Waals surface area (Å²) in [6, 6.07) is 9.17. The zero-order valence-corrected chi connectivity index (χ0v) is 12.5. The number of alkyl halides is 2. The highest BCUT2D eigenvalue weighted by atomic mass is 19.3. The Morgan fingerprint density at radius 1 is 1.35 bits per heavy atom. The van der Waals surface area contributed by atoms with E-state index in [1.807, 2.05) is 30.3 Å². The Balaban J connectivity index is 1.93. The van der Waals surface area contributed by atoms with Crippen molar-refractivity contribution in [2.75, 3.05) is 0 Å². The Kier molecular flexibility index (Phi) is 4.11. The van der Waals surface area contributed by atoms with Crippen molar-refractivity contribution in [3.63, 3.8) is 0 Å². The first kappa shape index (κ1) is 15.6. The summed E-state index contributed by atoms with van der Waals surface area (Å²) in [5.74, 6) is -1.75. The molecular weight excluding hydrogens is 307 g/mol. The fourth-order valence-corrected chi connectivity index (χ4v) is 2.55. The Bertz CT molecular complexity index is 711. The number of nitrogens with zero attached hydrogens (tertiary/aromatic N) is 3. The fourth-order valence-electron chi connectivity index (χ4n) is 2.55. The summed E-state index contributed by atoms with van der Waals surface area (Å²) >= 11 is 0. The lowest BCUT2D eigenvalue weighted by atomic mass is 10.1. The van der Waals surface area contributed by atoms with Gasteiger partial charge in [-0.15, -0.1) is 0 Å². The minimum absolute atomic E-state index is 0.0344. The fraction of sp³-hybridized carbons (Fsp3) is 0.375. The van der Waals surface area contributed by atoms with Crippen molar-refractivity contribution >= 4 is 5.91 Å². The largest absolute Gasteiger partial charge is 0.331 e. The summed E-state index contributed by atoms with van der Waals surface area (Å²) in [7, 11) is 1.21. The van der Waals surface area contributed by atoms with Gasteiger partial charge in [0.05, 0.1) is 0 Å². The molecule has 23 heavy (non-hydrogen) atoms. The van der Waals surface area contributed by atoms with Crippen LogP contribution in [0.4, 0.5) is 13.2 Å². The van der Waals surface area contributed by atoms with Crippen molar-refractivity contribution in [1.82, 2.24) is 14.7 Å². The highest BCUT2D eigenvalue weighted by Gasteiger charge is 2.38. The second-order valence-electron chi connectivity index (χ2n) is 5.63. The Morgan fingerprint density at radius 3 is 2.57 bits per heavy atom. The van der Waals surface area contributed by atoms with Gasteiger partial charge in [0, 0.05) is 19.6 Å². The van der Waals surface area contributed by atoms with E-state index in [0.29, 0.717) is 4.68 Å². The van der Waals surface area contributed by atoms with Crippen LogP contribution in [-0.4, -0.2) is 26.6 Å². The van der Waals surface area contributed by atoms with Crippen LogP contribution in [0.1, 0.15) is 40.9 Å². The first-order valence-electron chi connectivity index (χ1n) is 7.34. The number of hydrogen-bond acceptors (Lipinski definition) is 2. The van der Waals surface area contributed by atoms with Crippen molar-refractivity contribution in [1.29, 1.82) is 0 Å². The average Bonchev–Trinajstić information content (AvgIpc) is 3.32. The average molecular weight is 323 g/mol. The minimum atomic E-state index is -3.00. The van der Waals surface area contributed by atoms with Gasteiger partial charge in [-0.25, -0.2) is 13.5 Å². The van der Waals surface area contributed by atoms with E-state index in [-0.39, 0.29) is 12.6 Å². The van der Waals surface area contributed by atoms with Crippen LogP contribution in [0, 0.1) is 5.95 Å². The molecule has 0 radical (unpaired) electrons. The third-order valence-corrected chi connectivity index (χ3v) is 3.87. The van der Waals surface area contributed by atoms with Crippen LogP contribution in [0.15, 0.2) is 30.3 Å². The lowest BCUT2D eigenvalue weighted by Gasteiger charge is -2.22. The molecule has 1 saturated carbocycles. The molecule has 7 heteroatoms. The number of hydrogen-bond donors (Lipinski definition) is 0. The van der Waals surface area contributed by atoms with E-state index in [1.54, 1.807) is 0 Å². The molecule has 1 heterocycles. The summed E-state index contributed by atoms with van der Waals surface area (Å²) in [4.78, 5) is 14.1. The molecule has 3 rings (SSSR count). The molecule has 0 spiro atoms. The molecule has 0 saturated heterocycles. The number of aryl methyl sites for hydroxylation is 1. The van der Waals surface area contributed by atoms with Gasteiger partial charge in [0.15, 0.2) is 0 Å². The van der Waals surface area contributed by atoms with E-state index in [1.165, 1.54) is 11.9 Å². The second kappa shape index (κ2) is 6.06. The van der Waals surface area contributed by atoms with Crippen LogP contribution < -0.4 is 0 Å². The maximum Gasteiger partial charge on any atom is 0.283 e. The SMILES string of the molecule is Cn1nc(C(F)F)c(C(=O)N(Cc2ccccc2)C2CC2)c1F. The van der Waals surface area contributed by atoms with Crippen LogP contribution in [0.5, 0.6) is 0 Å². The second-order valence-corrected chi connectivity index (χ2v) is 5.63. The van der Waals surface area contributed by atoms with Crippen LogP contribution in [0.25, 0.3) is 0 Å². The molecule has 1 aromatic carbocycles. The Labute approximate surface area is 131 Å². The quantitative estimate of drug-likeness (QED) is 0.847. The highest BCUT2D eigenvalue weighted by Crippen LogP contribution is 2.32. The Morgan fingerprint density at radius 2 is 2.00 bits per heavy atom. The zero-order chi connectivity index (χ0) is 16.6.